The van der Waals surface area contributed by atoms with Crippen molar-refractivity contribution in [1.82, 2.24) is 15.0 Å². The molecule has 15 heteroatoms. The van der Waals surface area contributed by atoms with Gasteiger partial charge in [0, 0.05) is 18.2 Å². The Morgan fingerprint density at radius 3 is 0.635 bits per heavy atom. The predicted octanol–water partition coefficient (Wildman–Crippen LogP) is 16.4. The minimum atomic E-state index is -2.75. The van der Waals surface area contributed by atoms with Crippen LogP contribution in [0.3, 0.4) is 0 Å². The second-order valence-electron chi connectivity index (χ2n) is 19.9. The molecular weight excluding hydrogens is 865 g/mol. The topological polar surface area (TPSA) is 66.4 Å². The quantitative estimate of drug-likeness (QED) is 0.0731. The molecule has 3 aromatic carbocycles. The average molecular weight is 934 g/mol. The maximum atomic E-state index is 16.4. The van der Waals surface area contributed by atoms with Gasteiger partial charge in [-0.1, -0.05) is 125 Å². The molecule has 6 nitrogen and oxygen atoms in total. The summed E-state index contributed by atoms with van der Waals surface area (Å²) < 4.78 is 117. The van der Waals surface area contributed by atoms with E-state index in [-0.39, 0.29) is 67.1 Å². The number of hydrogen-bond acceptors (Lipinski definition) is 6. The van der Waals surface area contributed by atoms with Crippen LogP contribution >= 0.6 is 0 Å². The molecular formula is C48H69F6N3O3Si3. The minimum Gasteiger partial charge on any atom is -0.541 e. The molecule has 1 aromatic heterocycles. The van der Waals surface area contributed by atoms with E-state index < -0.39 is 94.0 Å². The summed E-state index contributed by atoms with van der Waals surface area (Å²) >= 11 is 0. The van der Waals surface area contributed by atoms with Crippen molar-refractivity contribution in [2.24, 2.45) is 0 Å². The SMILES string of the molecule is CC(C)[Si](Oc1cc(F)c(-c2nc(-c3cc(F)c(O[Si](C(C)C)(C(C)C)C(C)C)cc3F)nc(-c3cc(F)c(O[Si](C(C)C)(C(C)C)C(C)C)cc3F)n2)cc1F)(C(C)C)C(C)C. The predicted molar refractivity (Wildman–Crippen MR) is 251 cm³/mol. The molecule has 0 amide bonds. The van der Waals surface area contributed by atoms with Crippen LogP contribution in [-0.4, -0.2) is 39.9 Å². The van der Waals surface area contributed by atoms with Gasteiger partial charge >= 0.3 is 0 Å². The third-order valence-electron chi connectivity index (χ3n) is 13.4. The van der Waals surface area contributed by atoms with Gasteiger partial charge in [0.05, 0.1) is 16.7 Å². The van der Waals surface area contributed by atoms with Gasteiger partial charge in [0.15, 0.2) is 34.9 Å². The maximum Gasteiger partial charge on any atom is 0.258 e. The van der Waals surface area contributed by atoms with E-state index in [1.807, 2.05) is 125 Å². The molecule has 348 valence electrons. The molecule has 0 fully saturated rings. The normalized spacial score (nSPS) is 13.1. The first-order valence-corrected chi connectivity index (χ1v) is 28.8. The fourth-order valence-electron chi connectivity index (χ4n) is 10.7. The van der Waals surface area contributed by atoms with Gasteiger partial charge in [-0.05, 0) is 68.1 Å². The highest BCUT2D eigenvalue weighted by molar-refractivity contribution is 6.79. The van der Waals surface area contributed by atoms with Crippen LogP contribution in [0, 0.1) is 34.9 Å². The lowest BCUT2D eigenvalue weighted by atomic mass is 10.1. The Bertz CT molecular complexity index is 1930. The van der Waals surface area contributed by atoms with Crippen LogP contribution in [0.25, 0.3) is 34.2 Å². The number of hydrogen-bond donors (Lipinski definition) is 0. The van der Waals surface area contributed by atoms with Crippen LogP contribution in [0.5, 0.6) is 17.2 Å². The van der Waals surface area contributed by atoms with Crippen LogP contribution in [-0.2, 0) is 0 Å². The fraction of sp³-hybridized carbons (Fsp3) is 0.562. The molecule has 0 unspecified atom stereocenters. The molecule has 0 bridgehead atoms. The lowest BCUT2D eigenvalue weighted by Gasteiger charge is -2.42. The highest BCUT2D eigenvalue weighted by Gasteiger charge is 2.50. The molecule has 0 aliphatic carbocycles. The summed E-state index contributed by atoms with van der Waals surface area (Å²) in [5.41, 5.74) is -1.02. The van der Waals surface area contributed by atoms with Crippen molar-refractivity contribution in [2.75, 3.05) is 0 Å². The number of aromatic nitrogens is 3. The molecule has 63 heavy (non-hydrogen) atoms. The van der Waals surface area contributed by atoms with Crippen LogP contribution < -0.4 is 13.3 Å². The Labute approximate surface area is 375 Å². The van der Waals surface area contributed by atoms with Crippen molar-refractivity contribution < 1.29 is 39.6 Å². The van der Waals surface area contributed by atoms with Crippen LogP contribution in [0.1, 0.15) is 125 Å². The average Bonchev–Trinajstić information content (AvgIpc) is 3.16. The molecule has 4 aromatic rings. The summed E-state index contributed by atoms with van der Waals surface area (Å²) in [6, 6.07) is 5.34. The number of nitrogens with zero attached hydrogens (tertiary/aromatic N) is 3. The Hall–Kier alpha value is -3.70. The summed E-state index contributed by atoms with van der Waals surface area (Å²) in [4.78, 5) is 13.0. The molecule has 4 rings (SSSR count). The summed E-state index contributed by atoms with van der Waals surface area (Å²) in [5.74, 6) is -8.15. The lowest BCUT2D eigenvalue weighted by molar-refractivity contribution is 0.441. The zero-order valence-electron chi connectivity index (χ0n) is 40.5. The maximum absolute atomic E-state index is 16.4. The van der Waals surface area contributed by atoms with Crippen molar-refractivity contribution in [1.29, 1.82) is 0 Å². The summed E-state index contributed by atoms with van der Waals surface area (Å²) in [6.07, 6.45) is 0. The zero-order valence-corrected chi connectivity index (χ0v) is 43.5. The van der Waals surface area contributed by atoms with E-state index in [9.17, 15) is 0 Å². The largest absolute Gasteiger partial charge is 0.541 e. The monoisotopic (exact) mass is 933 g/mol. The van der Waals surface area contributed by atoms with Crippen molar-refractivity contribution in [3.63, 3.8) is 0 Å². The van der Waals surface area contributed by atoms with E-state index in [4.69, 9.17) is 13.3 Å². The van der Waals surface area contributed by atoms with Gasteiger partial charge in [0.2, 0.25) is 0 Å². The fourth-order valence-corrected chi connectivity index (χ4v) is 26.4. The highest BCUT2D eigenvalue weighted by Crippen LogP contribution is 2.47. The molecule has 0 aliphatic heterocycles. The standard InChI is InChI=1S/C48H69F6N3O3Si3/c1-25(2)61(26(3)4,27(5)6)58-43-22-37(49)34(19-40(43)52)46-55-47(35-20-41(53)44(23-38(35)50)59-62(28(7)8,29(9)10)30(11)12)57-48(56-46)36-21-42(54)45(24-39(36)51)60-63(31(13)14,32(15)16)33(17)18/h19-33H,1-18H3. The van der Waals surface area contributed by atoms with Gasteiger partial charge < -0.3 is 13.3 Å². The van der Waals surface area contributed by atoms with Crippen LogP contribution in [0.4, 0.5) is 26.3 Å². The smallest absolute Gasteiger partial charge is 0.258 e. The van der Waals surface area contributed by atoms with Crippen LogP contribution in [0.15, 0.2) is 36.4 Å². The Morgan fingerprint density at radius 2 is 0.476 bits per heavy atom. The molecule has 0 spiro atoms. The number of halogens is 6. The van der Waals surface area contributed by atoms with Gasteiger partial charge in [-0.3, -0.25) is 0 Å². The molecule has 0 saturated heterocycles. The highest BCUT2D eigenvalue weighted by atomic mass is 28.4. The van der Waals surface area contributed by atoms with Gasteiger partial charge in [-0.25, -0.2) is 41.3 Å². The number of benzene rings is 3. The zero-order chi connectivity index (χ0) is 47.8. The molecule has 0 aliphatic rings. The van der Waals surface area contributed by atoms with E-state index in [2.05, 4.69) is 15.0 Å². The molecule has 0 atom stereocenters. The Morgan fingerprint density at radius 1 is 0.302 bits per heavy atom. The molecule has 0 N–H and O–H groups in total. The second kappa shape index (κ2) is 19.8. The van der Waals surface area contributed by atoms with E-state index in [0.29, 0.717) is 0 Å². The minimum absolute atomic E-state index is 0.0483. The van der Waals surface area contributed by atoms with Crippen molar-refractivity contribution in [3.8, 4) is 51.4 Å². The lowest BCUT2D eigenvalue weighted by Crippen LogP contribution is -2.50. The van der Waals surface area contributed by atoms with Gasteiger partial charge in [0.1, 0.15) is 34.7 Å². The molecule has 1 heterocycles. The van der Waals surface area contributed by atoms with E-state index in [1.54, 1.807) is 0 Å². The number of rotatable bonds is 18. The van der Waals surface area contributed by atoms with Gasteiger partial charge in [-0.2, -0.15) is 0 Å². The summed E-state index contributed by atoms with van der Waals surface area (Å²) in [5, 5.41) is 0. The molecule has 0 radical (unpaired) electrons. The van der Waals surface area contributed by atoms with Gasteiger partial charge in [0.25, 0.3) is 25.0 Å². The van der Waals surface area contributed by atoms with Crippen LogP contribution in [0.2, 0.25) is 49.9 Å². The van der Waals surface area contributed by atoms with E-state index >= 15 is 26.3 Å². The second-order valence-corrected chi connectivity index (χ2v) is 36.0. The van der Waals surface area contributed by atoms with E-state index in [1.165, 1.54) is 0 Å². The van der Waals surface area contributed by atoms with E-state index in [0.717, 1.165) is 36.4 Å². The van der Waals surface area contributed by atoms with Crippen molar-refractivity contribution in [2.45, 2.75) is 174 Å². The first kappa shape index (κ1) is 51.9. The van der Waals surface area contributed by atoms with Crippen molar-refractivity contribution in [3.05, 3.63) is 71.3 Å². The van der Waals surface area contributed by atoms with Gasteiger partial charge in [-0.15, -0.1) is 0 Å². The first-order valence-electron chi connectivity index (χ1n) is 22.4. The Balaban J connectivity index is 2.01. The Kier molecular flexibility index (Phi) is 16.3. The third kappa shape index (κ3) is 9.80. The third-order valence-corrected chi connectivity index (χ3v) is 31.4. The first-order chi connectivity index (χ1) is 29.1. The summed E-state index contributed by atoms with van der Waals surface area (Å²) in [7, 11) is -8.24. The molecule has 0 saturated carbocycles. The van der Waals surface area contributed by atoms with Crippen molar-refractivity contribution >= 4 is 25.0 Å². The summed E-state index contributed by atoms with van der Waals surface area (Å²) in [6.45, 7) is 36.2.